The highest BCUT2D eigenvalue weighted by atomic mass is 16.5. The summed E-state index contributed by atoms with van der Waals surface area (Å²) < 4.78 is 12.1. The lowest BCUT2D eigenvalue weighted by atomic mass is 9.99. The summed E-state index contributed by atoms with van der Waals surface area (Å²) in [6.07, 6.45) is 3.39. The molecule has 0 aromatic carbocycles. The molecule has 5 heteroatoms. The number of ether oxygens (including phenoxy) is 2. The van der Waals surface area contributed by atoms with Gasteiger partial charge in [0.05, 0.1) is 7.11 Å². The van der Waals surface area contributed by atoms with Crippen molar-refractivity contribution in [2.45, 2.75) is 20.3 Å². The number of hydrogen-bond acceptors (Lipinski definition) is 4. The van der Waals surface area contributed by atoms with Crippen LogP contribution in [0, 0.1) is 5.92 Å². The number of nitrogens with zero attached hydrogens (tertiary/aromatic N) is 1. The number of ketones is 1. The van der Waals surface area contributed by atoms with E-state index in [1.54, 1.807) is 6.08 Å². The molecule has 0 saturated carbocycles. The Morgan fingerprint density at radius 3 is 2.72 bits per heavy atom. The molecule has 5 nitrogen and oxygen atoms in total. The van der Waals surface area contributed by atoms with Gasteiger partial charge in [-0.25, -0.2) is 9.37 Å². The molecule has 1 atom stereocenters. The summed E-state index contributed by atoms with van der Waals surface area (Å²) in [6, 6.07) is 0. The third-order valence-corrected chi connectivity index (χ3v) is 2.89. The van der Waals surface area contributed by atoms with Crippen molar-refractivity contribution in [3.63, 3.8) is 0 Å². The van der Waals surface area contributed by atoms with Gasteiger partial charge >= 0.3 is 11.9 Å². The summed E-state index contributed by atoms with van der Waals surface area (Å²) >= 11 is 0. The fourth-order valence-corrected chi connectivity index (χ4v) is 1.93. The highest BCUT2D eigenvalue weighted by molar-refractivity contribution is 5.92. The van der Waals surface area contributed by atoms with Gasteiger partial charge in [-0.2, -0.15) is 0 Å². The maximum absolute atomic E-state index is 11.4. The zero-order valence-electron chi connectivity index (χ0n) is 11.1. The maximum Gasteiger partial charge on any atom is 0.344 e. The summed E-state index contributed by atoms with van der Waals surface area (Å²) in [7, 11) is 1.32. The van der Waals surface area contributed by atoms with E-state index in [0.29, 0.717) is 6.42 Å². The second-order valence-electron chi connectivity index (χ2n) is 4.03. The molecule has 100 valence electrons. The van der Waals surface area contributed by atoms with Crippen LogP contribution in [-0.2, 0) is 19.1 Å². The SMILES string of the molecule is CC[N+](CC)=C1OCC(=O)CC1C=CC(=O)OC. The van der Waals surface area contributed by atoms with Crippen molar-refractivity contribution in [2.24, 2.45) is 5.92 Å². The van der Waals surface area contributed by atoms with Crippen LogP contribution < -0.4 is 0 Å². The lowest BCUT2D eigenvalue weighted by molar-refractivity contribution is -0.531. The van der Waals surface area contributed by atoms with E-state index in [0.717, 1.165) is 19.0 Å². The molecule has 1 fully saturated rings. The molecular formula is C13H20NO4+. The highest BCUT2D eigenvalue weighted by Crippen LogP contribution is 2.16. The number of carbonyl (C=O) groups excluding carboxylic acids is 2. The van der Waals surface area contributed by atoms with Crippen molar-refractivity contribution in [3.05, 3.63) is 12.2 Å². The van der Waals surface area contributed by atoms with Crippen LogP contribution in [0.4, 0.5) is 0 Å². The quantitative estimate of drug-likeness (QED) is 0.422. The first-order valence-corrected chi connectivity index (χ1v) is 6.14. The average molecular weight is 254 g/mol. The Hall–Kier alpha value is -1.65. The minimum atomic E-state index is -0.424. The Labute approximate surface area is 107 Å². The second-order valence-corrected chi connectivity index (χ2v) is 4.03. The largest absolute Gasteiger partial charge is 0.466 e. The molecule has 1 aliphatic rings. The minimum absolute atomic E-state index is 0.0467. The Morgan fingerprint density at radius 2 is 2.17 bits per heavy atom. The standard InChI is InChI=1S/C13H20NO4/c1-4-14(5-2)13-10(6-7-12(16)17-3)8-11(15)9-18-13/h6-7,10H,4-5,8-9H2,1-3H3/q+1. The summed E-state index contributed by atoms with van der Waals surface area (Å²) in [5, 5.41) is 0. The van der Waals surface area contributed by atoms with E-state index in [9.17, 15) is 9.59 Å². The predicted molar refractivity (Wildman–Crippen MR) is 66.6 cm³/mol. The lowest BCUT2D eigenvalue weighted by Gasteiger charge is -2.19. The Balaban J connectivity index is 2.93. The zero-order chi connectivity index (χ0) is 13.5. The first-order chi connectivity index (χ1) is 8.62. The number of carbonyl (C=O) groups is 2. The van der Waals surface area contributed by atoms with Crippen LogP contribution in [0.1, 0.15) is 20.3 Å². The normalized spacial score (nSPS) is 19.8. The summed E-state index contributed by atoms with van der Waals surface area (Å²) in [6.45, 7) is 5.79. The van der Waals surface area contributed by atoms with Crippen LogP contribution in [0.3, 0.4) is 0 Å². The molecule has 0 aromatic rings. The first-order valence-electron chi connectivity index (χ1n) is 6.14. The van der Waals surface area contributed by atoms with Crippen LogP contribution in [0.2, 0.25) is 0 Å². The van der Waals surface area contributed by atoms with Gasteiger partial charge in [0.1, 0.15) is 19.0 Å². The zero-order valence-corrected chi connectivity index (χ0v) is 11.1. The van der Waals surface area contributed by atoms with E-state index in [-0.39, 0.29) is 18.3 Å². The molecule has 0 aliphatic carbocycles. The number of methoxy groups -OCH3 is 1. The topological polar surface area (TPSA) is 55.6 Å². The summed E-state index contributed by atoms with van der Waals surface area (Å²) in [5.41, 5.74) is 0. The molecule has 0 spiro atoms. The molecule has 0 aromatic heterocycles. The molecule has 1 heterocycles. The van der Waals surface area contributed by atoms with Crippen molar-refractivity contribution in [2.75, 3.05) is 26.8 Å². The third-order valence-electron chi connectivity index (χ3n) is 2.89. The van der Waals surface area contributed by atoms with E-state index in [1.807, 2.05) is 13.8 Å². The average Bonchev–Trinajstić information content (AvgIpc) is 2.39. The third kappa shape index (κ3) is 3.68. The Morgan fingerprint density at radius 1 is 1.50 bits per heavy atom. The fraction of sp³-hybridized carbons (Fsp3) is 0.615. The van der Waals surface area contributed by atoms with Crippen LogP contribution in [0.5, 0.6) is 0 Å². The maximum atomic E-state index is 11.4. The Kier molecular flexibility index (Phi) is 5.55. The number of Topliss-reactive ketones (excluding diaryl/α,β-unsaturated/α-hetero) is 1. The summed E-state index contributed by atoms with van der Waals surface area (Å²) in [5.74, 6) is 0.211. The number of rotatable bonds is 4. The minimum Gasteiger partial charge on any atom is -0.466 e. The van der Waals surface area contributed by atoms with Gasteiger partial charge in [-0.3, -0.25) is 4.79 Å². The van der Waals surface area contributed by atoms with Crippen molar-refractivity contribution in [1.82, 2.24) is 0 Å². The van der Waals surface area contributed by atoms with Crippen LogP contribution in [0.15, 0.2) is 12.2 Å². The summed E-state index contributed by atoms with van der Waals surface area (Å²) in [4.78, 5) is 22.5. The van der Waals surface area contributed by atoms with Gasteiger partial charge in [0.25, 0.3) is 0 Å². The van der Waals surface area contributed by atoms with E-state index < -0.39 is 5.97 Å². The predicted octanol–water partition coefficient (Wildman–Crippen LogP) is 0.772. The smallest absolute Gasteiger partial charge is 0.344 e. The van der Waals surface area contributed by atoms with Gasteiger partial charge in [0.2, 0.25) is 0 Å². The fourth-order valence-electron chi connectivity index (χ4n) is 1.93. The molecule has 0 bridgehead atoms. The molecule has 0 N–H and O–H groups in total. The van der Waals surface area contributed by atoms with E-state index in [2.05, 4.69) is 9.31 Å². The number of esters is 1. The number of hydrogen-bond donors (Lipinski definition) is 0. The van der Waals surface area contributed by atoms with Gasteiger partial charge in [-0.1, -0.05) is 6.08 Å². The molecule has 1 unspecified atom stereocenters. The second kappa shape index (κ2) is 6.93. The van der Waals surface area contributed by atoms with Gasteiger partial charge in [-0.05, 0) is 13.8 Å². The van der Waals surface area contributed by atoms with Crippen LogP contribution in [0.25, 0.3) is 0 Å². The molecule has 0 radical (unpaired) electrons. The van der Waals surface area contributed by atoms with Crippen molar-refractivity contribution in [3.8, 4) is 0 Å². The van der Waals surface area contributed by atoms with Gasteiger partial charge in [0.15, 0.2) is 12.4 Å². The molecule has 1 aliphatic heterocycles. The van der Waals surface area contributed by atoms with Crippen molar-refractivity contribution < 1.29 is 23.6 Å². The van der Waals surface area contributed by atoms with E-state index >= 15 is 0 Å². The van der Waals surface area contributed by atoms with Gasteiger partial charge in [0, 0.05) is 12.5 Å². The molecule has 0 amide bonds. The van der Waals surface area contributed by atoms with Gasteiger partial charge in [-0.15, -0.1) is 0 Å². The first kappa shape index (κ1) is 14.4. The Bertz CT molecular complexity index is 378. The lowest BCUT2D eigenvalue weighted by Crippen LogP contribution is -2.37. The van der Waals surface area contributed by atoms with Crippen molar-refractivity contribution in [1.29, 1.82) is 0 Å². The van der Waals surface area contributed by atoms with E-state index in [4.69, 9.17) is 4.74 Å². The van der Waals surface area contributed by atoms with Crippen LogP contribution in [-0.4, -0.2) is 49.0 Å². The molecular weight excluding hydrogens is 234 g/mol. The monoisotopic (exact) mass is 254 g/mol. The van der Waals surface area contributed by atoms with Gasteiger partial charge < -0.3 is 9.47 Å². The van der Waals surface area contributed by atoms with E-state index in [1.165, 1.54) is 13.2 Å². The highest BCUT2D eigenvalue weighted by Gasteiger charge is 2.32. The molecule has 1 rings (SSSR count). The van der Waals surface area contributed by atoms with Crippen molar-refractivity contribution >= 4 is 17.7 Å². The molecule has 18 heavy (non-hydrogen) atoms. The van der Waals surface area contributed by atoms with Crippen LogP contribution >= 0.6 is 0 Å². The molecule has 1 saturated heterocycles.